The van der Waals surface area contributed by atoms with Crippen molar-refractivity contribution in [2.24, 2.45) is 0 Å². The van der Waals surface area contributed by atoms with E-state index in [1.54, 1.807) is 17.2 Å². The summed E-state index contributed by atoms with van der Waals surface area (Å²) in [6.45, 7) is 3.78. The number of rotatable bonds is 6. The fourth-order valence-electron chi connectivity index (χ4n) is 3.63. The van der Waals surface area contributed by atoms with Gasteiger partial charge in [0.05, 0.1) is 17.5 Å². The van der Waals surface area contributed by atoms with Gasteiger partial charge in [-0.05, 0) is 58.0 Å². The van der Waals surface area contributed by atoms with Crippen LogP contribution in [-0.2, 0) is 0 Å². The van der Waals surface area contributed by atoms with Crippen LogP contribution < -0.4 is 5.32 Å². The monoisotopic (exact) mass is 379 g/mol. The lowest BCUT2D eigenvalue weighted by Gasteiger charge is -2.18. The minimum absolute atomic E-state index is 0.163. The van der Waals surface area contributed by atoms with Crippen LogP contribution in [0.1, 0.15) is 35.4 Å². The van der Waals surface area contributed by atoms with Crippen molar-refractivity contribution in [2.45, 2.75) is 32.2 Å². The number of nitrogens with zero attached hydrogens (tertiary/aromatic N) is 4. The van der Waals surface area contributed by atoms with Crippen LogP contribution in [0.15, 0.2) is 47.3 Å². The SMILES string of the molecule is Cc1ccc(-n2nc(C(=O)NCCC3CCCN3C)nc2-c2ccoc2)cc1. The number of carbonyl (C=O) groups is 1. The molecule has 1 N–H and O–H groups in total. The first-order chi connectivity index (χ1) is 13.6. The number of aryl methyl sites for hydroxylation is 1. The van der Waals surface area contributed by atoms with Crippen LogP contribution in [0, 0.1) is 6.92 Å². The summed E-state index contributed by atoms with van der Waals surface area (Å²) in [5.41, 5.74) is 2.78. The van der Waals surface area contributed by atoms with E-state index in [0.29, 0.717) is 18.4 Å². The molecule has 0 bridgehead atoms. The van der Waals surface area contributed by atoms with Gasteiger partial charge in [0.25, 0.3) is 5.91 Å². The molecule has 1 atom stereocenters. The van der Waals surface area contributed by atoms with Crippen molar-refractivity contribution in [2.75, 3.05) is 20.1 Å². The molecule has 146 valence electrons. The van der Waals surface area contributed by atoms with E-state index >= 15 is 0 Å². The molecule has 1 aliphatic rings. The molecular formula is C21H25N5O2. The summed E-state index contributed by atoms with van der Waals surface area (Å²) in [4.78, 5) is 19.5. The molecular weight excluding hydrogens is 354 g/mol. The van der Waals surface area contributed by atoms with Crippen LogP contribution in [0.4, 0.5) is 0 Å². The molecule has 4 rings (SSSR count). The first-order valence-corrected chi connectivity index (χ1v) is 9.67. The Hall–Kier alpha value is -2.93. The quantitative estimate of drug-likeness (QED) is 0.712. The summed E-state index contributed by atoms with van der Waals surface area (Å²) in [5, 5.41) is 7.44. The predicted molar refractivity (Wildman–Crippen MR) is 106 cm³/mol. The molecule has 1 fully saturated rings. The highest BCUT2D eigenvalue weighted by atomic mass is 16.3. The summed E-state index contributed by atoms with van der Waals surface area (Å²) >= 11 is 0. The Labute approximate surface area is 164 Å². The minimum Gasteiger partial charge on any atom is -0.472 e. The van der Waals surface area contributed by atoms with Crippen LogP contribution in [0.25, 0.3) is 17.1 Å². The molecule has 7 nitrogen and oxygen atoms in total. The van der Waals surface area contributed by atoms with E-state index in [1.165, 1.54) is 12.8 Å². The fraction of sp³-hybridized carbons (Fsp3) is 0.381. The highest BCUT2D eigenvalue weighted by molar-refractivity contribution is 5.91. The van der Waals surface area contributed by atoms with Crippen LogP contribution in [0.5, 0.6) is 0 Å². The Bertz CT molecular complexity index is 930. The van der Waals surface area contributed by atoms with E-state index in [9.17, 15) is 4.79 Å². The fourth-order valence-corrected chi connectivity index (χ4v) is 3.63. The first-order valence-electron chi connectivity index (χ1n) is 9.67. The van der Waals surface area contributed by atoms with Gasteiger partial charge in [-0.2, -0.15) is 0 Å². The predicted octanol–water partition coefficient (Wildman–Crippen LogP) is 3.05. The van der Waals surface area contributed by atoms with E-state index in [0.717, 1.165) is 29.8 Å². The second-order valence-corrected chi connectivity index (χ2v) is 7.34. The first kappa shape index (κ1) is 18.4. The molecule has 3 aromatic rings. The summed E-state index contributed by atoms with van der Waals surface area (Å²) in [6.07, 6.45) is 6.55. The van der Waals surface area contributed by atoms with Crippen molar-refractivity contribution in [3.05, 3.63) is 54.2 Å². The van der Waals surface area contributed by atoms with Crippen LogP contribution in [0.3, 0.4) is 0 Å². The van der Waals surface area contributed by atoms with Crippen molar-refractivity contribution in [3.8, 4) is 17.1 Å². The van der Waals surface area contributed by atoms with Gasteiger partial charge >= 0.3 is 0 Å². The number of amides is 1. The Morgan fingerprint density at radius 1 is 1.29 bits per heavy atom. The molecule has 0 spiro atoms. The topological polar surface area (TPSA) is 76.2 Å². The zero-order valence-electron chi connectivity index (χ0n) is 16.3. The number of furan rings is 1. The van der Waals surface area contributed by atoms with Gasteiger partial charge in [-0.15, -0.1) is 5.10 Å². The number of likely N-dealkylation sites (tertiary alicyclic amines) is 1. The van der Waals surface area contributed by atoms with Gasteiger partial charge < -0.3 is 14.6 Å². The molecule has 0 saturated carbocycles. The lowest BCUT2D eigenvalue weighted by molar-refractivity contribution is 0.0940. The van der Waals surface area contributed by atoms with Gasteiger partial charge in [-0.1, -0.05) is 17.7 Å². The number of hydrogen-bond donors (Lipinski definition) is 1. The van der Waals surface area contributed by atoms with Crippen molar-refractivity contribution in [3.63, 3.8) is 0 Å². The standard InChI is InChI=1S/C21H25N5O2/c1-15-5-7-18(8-6-15)26-20(16-10-13-28-14-16)23-19(24-26)21(27)22-11-9-17-4-3-12-25(17)2/h5-8,10,13-14,17H,3-4,9,11-12H2,1-2H3,(H,22,27). The Morgan fingerprint density at radius 2 is 2.11 bits per heavy atom. The van der Waals surface area contributed by atoms with Crippen molar-refractivity contribution >= 4 is 5.91 Å². The Morgan fingerprint density at radius 3 is 2.79 bits per heavy atom. The van der Waals surface area contributed by atoms with Crippen molar-refractivity contribution in [1.29, 1.82) is 0 Å². The lowest BCUT2D eigenvalue weighted by atomic mass is 10.1. The molecule has 1 amide bonds. The van der Waals surface area contributed by atoms with Crippen molar-refractivity contribution < 1.29 is 9.21 Å². The molecule has 1 aromatic carbocycles. The van der Waals surface area contributed by atoms with E-state index in [4.69, 9.17) is 4.42 Å². The average Bonchev–Trinajstić information content (AvgIpc) is 3.43. The highest BCUT2D eigenvalue weighted by Crippen LogP contribution is 2.22. The smallest absolute Gasteiger partial charge is 0.290 e. The summed E-state index contributed by atoms with van der Waals surface area (Å²) in [6, 6.07) is 10.3. The molecule has 28 heavy (non-hydrogen) atoms. The summed E-state index contributed by atoms with van der Waals surface area (Å²) in [5.74, 6) is 0.492. The molecule has 0 radical (unpaired) electrons. The average molecular weight is 379 g/mol. The maximum atomic E-state index is 12.6. The maximum absolute atomic E-state index is 12.6. The normalized spacial score (nSPS) is 17.1. The van der Waals surface area contributed by atoms with Gasteiger partial charge in [-0.3, -0.25) is 4.79 Å². The summed E-state index contributed by atoms with van der Waals surface area (Å²) < 4.78 is 6.88. The summed E-state index contributed by atoms with van der Waals surface area (Å²) in [7, 11) is 2.14. The van der Waals surface area contributed by atoms with Gasteiger partial charge in [0, 0.05) is 12.6 Å². The zero-order chi connectivity index (χ0) is 19.5. The second kappa shape index (κ2) is 7.98. The van der Waals surface area contributed by atoms with Crippen LogP contribution in [0.2, 0.25) is 0 Å². The number of benzene rings is 1. The van der Waals surface area contributed by atoms with Gasteiger partial charge in [0.15, 0.2) is 5.82 Å². The van der Waals surface area contributed by atoms with Crippen LogP contribution in [-0.4, -0.2) is 51.8 Å². The second-order valence-electron chi connectivity index (χ2n) is 7.34. The Balaban J connectivity index is 1.53. The number of carbonyl (C=O) groups excluding carboxylic acids is 1. The van der Waals surface area contributed by atoms with E-state index in [-0.39, 0.29) is 11.7 Å². The third-order valence-electron chi connectivity index (χ3n) is 5.30. The van der Waals surface area contributed by atoms with E-state index < -0.39 is 0 Å². The third kappa shape index (κ3) is 3.84. The van der Waals surface area contributed by atoms with E-state index in [2.05, 4.69) is 27.3 Å². The molecule has 3 heterocycles. The van der Waals surface area contributed by atoms with E-state index in [1.807, 2.05) is 37.3 Å². The number of nitrogens with one attached hydrogen (secondary N) is 1. The molecule has 1 unspecified atom stereocenters. The largest absolute Gasteiger partial charge is 0.472 e. The maximum Gasteiger partial charge on any atom is 0.290 e. The minimum atomic E-state index is -0.253. The van der Waals surface area contributed by atoms with Gasteiger partial charge in [-0.25, -0.2) is 9.67 Å². The third-order valence-corrected chi connectivity index (χ3v) is 5.30. The van der Waals surface area contributed by atoms with Gasteiger partial charge in [0.1, 0.15) is 6.26 Å². The van der Waals surface area contributed by atoms with Crippen molar-refractivity contribution in [1.82, 2.24) is 25.0 Å². The number of hydrogen-bond acceptors (Lipinski definition) is 5. The lowest BCUT2D eigenvalue weighted by Crippen LogP contribution is -2.32. The highest BCUT2D eigenvalue weighted by Gasteiger charge is 2.22. The molecule has 1 saturated heterocycles. The zero-order valence-corrected chi connectivity index (χ0v) is 16.3. The Kier molecular flexibility index (Phi) is 5.25. The molecule has 1 aliphatic heterocycles. The molecule has 0 aliphatic carbocycles. The number of aromatic nitrogens is 3. The van der Waals surface area contributed by atoms with Crippen LogP contribution >= 0.6 is 0 Å². The molecule has 7 heteroatoms. The van der Waals surface area contributed by atoms with Gasteiger partial charge in [0.2, 0.25) is 5.82 Å². The molecule has 2 aromatic heterocycles.